The molecule has 2 aromatic rings. The number of amides is 3. The summed E-state index contributed by atoms with van der Waals surface area (Å²) in [5.74, 6) is -0.543. The Labute approximate surface area is 169 Å². The van der Waals surface area contributed by atoms with Crippen LogP contribution in [-0.4, -0.2) is 51.1 Å². The fourth-order valence-corrected chi connectivity index (χ4v) is 4.48. The topological polar surface area (TPSA) is 110 Å². The summed E-state index contributed by atoms with van der Waals surface area (Å²) in [6.45, 7) is 1.15. The molecule has 2 fully saturated rings. The quantitative estimate of drug-likeness (QED) is 0.811. The largest absolute Gasteiger partial charge is 0.369 e. The molecule has 8 nitrogen and oxygen atoms in total. The van der Waals surface area contributed by atoms with Crippen molar-refractivity contribution in [3.8, 4) is 0 Å². The fraction of sp³-hybridized carbons (Fsp3) is 0.524. The molecule has 0 radical (unpaired) electrons. The maximum Gasteiger partial charge on any atom is 0.252 e. The molecule has 8 heteroatoms. The van der Waals surface area contributed by atoms with Gasteiger partial charge < -0.3 is 20.4 Å². The van der Waals surface area contributed by atoms with Gasteiger partial charge in [-0.1, -0.05) is 0 Å². The van der Waals surface area contributed by atoms with E-state index in [-0.39, 0.29) is 35.6 Å². The molecule has 1 aliphatic carbocycles. The van der Waals surface area contributed by atoms with Gasteiger partial charge >= 0.3 is 0 Å². The molecule has 2 aliphatic rings. The lowest BCUT2D eigenvalue weighted by molar-refractivity contribution is -0.139. The lowest BCUT2D eigenvalue weighted by Gasteiger charge is -2.36. The van der Waals surface area contributed by atoms with Crippen LogP contribution < -0.4 is 11.1 Å². The summed E-state index contributed by atoms with van der Waals surface area (Å²) in [5.41, 5.74) is 6.82. The Hall–Kier alpha value is -2.90. The van der Waals surface area contributed by atoms with Crippen molar-refractivity contribution < 1.29 is 14.4 Å². The number of pyridine rings is 1. The normalized spacial score (nSPS) is 25.0. The monoisotopic (exact) mass is 397 g/mol. The van der Waals surface area contributed by atoms with Gasteiger partial charge in [0.2, 0.25) is 11.8 Å². The molecule has 1 unspecified atom stereocenters. The average Bonchev–Trinajstić information content (AvgIpc) is 3.21. The number of nitrogens with one attached hydrogen (secondary N) is 1. The van der Waals surface area contributed by atoms with Gasteiger partial charge in [0.25, 0.3) is 5.91 Å². The predicted molar refractivity (Wildman–Crippen MR) is 107 cm³/mol. The van der Waals surface area contributed by atoms with E-state index in [0.29, 0.717) is 18.7 Å². The van der Waals surface area contributed by atoms with Crippen molar-refractivity contribution in [1.82, 2.24) is 19.6 Å². The molecule has 3 heterocycles. The summed E-state index contributed by atoms with van der Waals surface area (Å²) in [6.07, 6.45) is 9.94. The second-order valence-corrected chi connectivity index (χ2v) is 8.16. The predicted octanol–water partition coefficient (Wildman–Crippen LogP) is 1.35. The van der Waals surface area contributed by atoms with Gasteiger partial charge in [-0.25, -0.2) is 4.98 Å². The highest BCUT2D eigenvalue weighted by molar-refractivity contribution is 5.94. The number of aromatic nitrogens is 2. The molecular weight excluding hydrogens is 370 g/mol. The second-order valence-electron chi connectivity index (χ2n) is 8.16. The van der Waals surface area contributed by atoms with Crippen LogP contribution in [0.5, 0.6) is 0 Å². The van der Waals surface area contributed by atoms with Gasteiger partial charge in [0, 0.05) is 43.6 Å². The van der Waals surface area contributed by atoms with Crippen molar-refractivity contribution >= 4 is 23.4 Å². The molecule has 4 rings (SSSR count). The molecule has 0 bridgehead atoms. The molecule has 0 spiro atoms. The van der Waals surface area contributed by atoms with Crippen molar-refractivity contribution in [3.63, 3.8) is 0 Å². The van der Waals surface area contributed by atoms with Gasteiger partial charge in [0.05, 0.1) is 11.5 Å². The van der Waals surface area contributed by atoms with Gasteiger partial charge in [-0.2, -0.15) is 0 Å². The number of nitrogens with two attached hydrogens (primary N) is 1. The first-order valence-electron chi connectivity index (χ1n) is 10.3. The summed E-state index contributed by atoms with van der Waals surface area (Å²) in [7, 11) is 0. The average molecular weight is 397 g/mol. The maximum absolute atomic E-state index is 12.8. The summed E-state index contributed by atoms with van der Waals surface area (Å²) >= 11 is 0. The van der Waals surface area contributed by atoms with Crippen molar-refractivity contribution in [3.05, 3.63) is 36.3 Å². The molecule has 1 aliphatic heterocycles. The number of carbonyl (C=O) groups excluding carboxylic acids is 3. The van der Waals surface area contributed by atoms with E-state index in [2.05, 4.69) is 10.3 Å². The minimum atomic E-state index is -0.317. The van der Waals surface area contributed by atoms with E-state index in [0.717, 1.165) is 44.2 Å². The molecular formula is C21H27N5O3. The minimum absolute atomic E-state index is 0.0305. The van der Waals surface area contributed by atoms with E-state index >= 15 is 0 Å². The Kier molecular flexibility index (Phi) is 5.51. The molecule has 154 valence electrons. The first-order valence-corrected chi connectivity index (χ1v) is 10.3. The standard InChI is InChI=1S/C21H27N5O3/c22-19(27)15-2-1-10-26(12-15)21(29)14-3-6-17(7-4-14)24-20(28)16-5-8-18-23-9-11-25(18)13-16/h5,8-9,11,13-15,17H,1-4,6-7,10,12H2,(H2,22,27)(H,24,28). The van der Waals surface area contributed by atoms with Crippen LogP contribution >= 0.6 is 0 Å². The molecule has 1 saturated carbocycles. The highest BCUT2D eigenvalue weighted by Gasteiger charge is 2.33. The Bertz CT molecular complexity index is 916. The lowest BCUT2D eigenvalue weighted by atomic mass is 9.84. The number of piperidine rings is 1. The number of hydrogen-bond donors (Lipinski definition) is 2. The number of primary amides is 1. The summed E-state index contributed by atoms with van der Waals surface area (Å²) in [4.78, 5) is 42.9. The Morgan fingerprint density at radius 2 is 1.86 bits per heavy atom. The van der Waals surface area contributed by atoms with Crippen molar-refractivity contribution in [2.24, 2.45) is 17.6 Å². The Morgan fingerprint density at radius 3 is 2.62 bits per heavy atom. The molecule has 29 heavy (non-hydrogen) atoms. The molecule has 1 saturated heterocycles. The molecule has 1 atom stereocenters. The number of nitrogens with zero attached hydrogens (tertiary/aromatic N) is 3. The summed E-state index contributed by atoms with van der Waals surface area (Å²) in [5, 5.41) is 3.09. The Morgan fingerprint density at radius 1 is 1.07 bits per heavy atom. The van der Waals surface area contributed by atoms with Crippen LogP contribution in [0.3, 0.4) is 0 Å². The van der Waals surface area contributed by atoms with Crippen LogP contribution in [0.15, 0.2) is 30.7 Å². The van der Waals surface area contributed by atoms with Gasteiger partial charge in [0.1, 0.15) is 5.65 Å². The van der Waals surface area contributed by atoms with E-state index in [1.165, 1.54) is 0 Å². The number of likely N-dealkylation sites (tertiary alicyclic amines) is 1. The highest BCUT2D eigenvalue weighted by atomic mass is 16.2. The number of carbonyl (C=O) groups is 3. The number of fused-ring (bicyclic) bond motifs is 1. The highest BCUT2D eigenvalue weighted by Crippen LogP contribution is 2.28. The van der Waals surface area contributed by atoms with Crippen LogP contribution in [0.2, 0.25) is 0 Å². The van der Waals surface area contributed by atoms with Crippen LogP contribution in [0.25, 0.3) is 5.65 Å². The van der Waals surface area contributed by atoms with Crippen LogP contribution in [0.4, 0.5) is 0 Å². The van der Waals surface area contributed by atoms with Crippen molar-refractivity contribution in [2.45, 2.75) is 44.6 Å². The van der Waals surface area contributed by atoms with Gasteiger partial charge in [-0.3, -0.25) is 14.4 Å². The molecule has 3 N–H and O–H groups in total. The Balaban J connectivity index is 1.29. The van der Waals surface area contributed by atoms with Gasteiger partial charge in [0.15, 0.2) is 0 Å². The minimum Gasteiger partial charge on any atom is -0.369 e. The second kappa shape index (κ2) is 8.23. The van der Waals surface area contributed by atoms with E-state index in [1.807, 2.05) is 21.6 Å². The van der Waals surface area contributed by atoms with E-state index in [4.69, 9.17) is 5.73 Å². The fourth-order valence-electron chi connectivity index (χ4n) is 4.48. The summed E-state index contributed by atoms with van der Waals surface area (Å²) < 4.78 is 1.82. The number of imidazole rings is 1. The number of hydrogen-bond acceptors (Lipinski definition) is 4. The van der Waals surface area contributed by atoms with Crippen LogP contribution in [0.1, 0.15) is 48.9 Å². The third-order valence-corrected chi connectivity index (χ3v) is 6.20. The van der Waals surface area contributed by atoms with Crippen LogP contribution in [0, 0.1) is 11.8 Å². The van der Waals surface area contributed by atoms with Crippen molar-refractivity contribution in [1.29, 1.82) is 0 Å². The lowest BCUT2D eigenvalue weighted by Crippen LogP contribution is -2.47. The third kappa shape index (κ3) is 4.26. The zero-order chi connectivity index (χ0) is 20.4. The SMILES string of the molecule is NC(=O)C1CCCN(C(=O)C2CCC(NC(=O)c3ccc4nccn4c3)CC2)C1. The smallest absolute Gasteiger partial charge is 0.252 e. The zero-order valence-electron chi connectivity index (χ0n) is 16.4. The first kappa shape index (κ1) is 19.4. The van der Waals surface area contributed by atoms with E-state index in [1.54, 1.807) is 18.5 Å². The summed E-state index contributed by atoms with van der Waals surface area (Å²) in [6, 6.07) is 3.67. The molecule has 0 aromatic carbocycles. The van der Waals surface area contributed by atoms with Gasteiger partial charge in [-0.05, 0) is 50.7 Å². The van der Waals surface area contributed by atoms with E-state index < -0.39 is 0 Å². The van der Waals surface area contributed by atoms with Crippen LogP contribution in [-0.2, 0) is 9.59 Å². The number of rotatable bonds is 4. The maximum atomic E-state index is 12.8. The zero-order valence-corrected chi connectivity index (χ0v) is 16.4. The first-order chi connectivity index (χ1) is 14.0. The van der Waals surface area contributed by atoms with E-state index in [9.17, 15) is 14.4 Å². The molecule has 3 amide bonds. The van der Waals surface area contributed by atoms with Gasteiger partial charge in [-0.15, -0.1) is 0 Å². The van der Waals surface area contributed by atoms with Crippen molar-refractivity contribution in [2.75, 3.05) is 13.1 Å². The molecule has 2 aromatic heterocycles. The third-order valence-electron chi connectivity index (χ3n) is 6.20.